The predicted octanol–water partition coefficient (Wildman–Crippen LogP) is 5.22. The SMILES string of the molecule is COc1cc(OC)c(Cl)c(-c2ccc3c(-c4ccc5c(c4)CN(C4CC4)C5=O)n[nH]c3n2)c1F. The van der Waals surface area contributed by atoms with Crippen molar-refractivity contribution < 1.29 is 18.7 Å². The Bertz CT molecular complexity index is 1450. The fourth-order valence-electron chi connectivity index (χ4n) is 4.55. The first-order chi connectivity index (χ1) is 16.5. The van der Waals surface area contributed by atoms with Crippen molar-refractivity contribution in [1.29, 1.82) is 0 Å². The van der Waals surface area contributed by atoms with Crippen molar-refractivity contribution in [3.8, 4) is 34.0 Å². The lowest BCUT2D eigenvalue weighted by atomic mass is 10.0. The number of nitrogens with zero attached hydrogens (tertiary/aromatic N) is 3. The van der Waals surface area contributed by atoms with Gasteiger partial charge in [-0.3, -0.25) is 9.89 Å². The molecule has 2 aliphatic rings. The number of H-pyrrole nitrogens is 1. The van der Waals surface area contributed by atoms with E-state index in [0.717, 1.165) is 34.9 Å². The van der Waals surface area contributed by atoms with Crippen LogP contribution < -0.4 is 9.47 Å². The van der Waals surface area contributed by atoms with Gasteiger partial charge < -0.3 is 14.4 Å². The van der Waals surface area contributed by atoms with Crippen molar-refractivity contribution in [3.63, 3.8) is 0 Å². The molecule has 1 fully saturated rings. The molecule has 0 bridgehead atoms. The molecule has 1 aliphatic carbocycles. The summed E-state index contributed by atoms with van der Waals surface area (Å²) in [6.45, 7) is 0.632. The quantitative estimate of drug-likeness (QED) is 0.425. The number of amides is 1. The Labute approximate surface area is 199 Å². The summed E-state index contributed by atoms with van der Waals surface area (Å²) >= 11 is 6.42. The lowest BCUT2D eigenvalue weighted by molar-refractivity contribution is 0.0766. The van der Waals surface area contributed by atoms with Crippen LogP contribution in [0, 0.1) is 5.82 Å². The van der Waals surface area contributed by atoms with Crippen molar-refractivity contribution in [2.24, 2.45) is 0 Å². The Balaban J connectivity index is 1.41. The molecule has 0 spiro atoms. The molecule has 4 aromatic rings. The standard InChI is InChI=1S/C25H20ClFN4O3/c1-33-18-10-19(34-2)22(27)20(21(18)26)17-8-7-16-23(29-30-24(16)28-17)12-3-6-15-13(9-12)11-31(25(15)32)14-4-5-14/h3,6-10,14H,4-5,11H2,1-2H3,(H,28,29,30). The predicted molar refractivity (Wildman–Crippen MR) is 126 cm³/mol. The summed E-state index contributed by atoms with van der Waals surface area (Å²) in [7, 11) is 2.83. The number of benzene rings is 2. The van der Waals surface area contributed by atoms with E-state index < -0.39 is 5.82 Å². The van der Waals surface area contributed by atoms with Crippen LogP contribution in [0.3, 0.4) is 0 Å². The molecule has 3 heterocycles. The van der Waals surface area contributed by atoms with Crippen LogP contribution in [-0.2, 0) is 6.54 Å². The van der Waals surface area contributed by atoms with Gasteiger partial charge in [-0.2, -0.15) is 5.10 Å². The van der Waals surface area contributed by atoms with E-state index in [0.29, 0.717) is 29.6 Å². The molecule has 7 nitrogen and oxygen atoms in total. The van der Waals surface area contributed by atoms with Gasteiger partial charge in [0.1, 0.15) is 11.4 Å². The molecule has 0 unspecified atom stereocenters. The summed E-state index contributed by atoms with van der Waals surface area (Å²) in [6.07, 6.45) is 2.16. The highest BCUT2D eigenvalue weighted by atomic mass is 35.5. The van der Waals surface area contributed by atoms with E-state index in [1.807, 2.05) is 29.2 Å². The first-order valence-corrected chi connectivity index (χ1v) is 11.3. The number of hydrogen-bond acceptors (Lipinski definition) is 5. The zero-order valence-electron chi connectivity index (χ0n) is 18.5. The molecule has 34 heavy (non-hydrogen) atoms. The molecular formula is C25H20ClFN4O3. The zero-order chi connectivity index (χ0) is 23.6. The number of carbonyl (C=O) groups excluding carboxylic acids is 1. The Morgan fingerprint density at radius 2 is 1.91 bits per heavy atom. The minimum atomic E-state index is -0.622. The average Bonchev–Trinajstić information content (AvgIpc) is 3.52. The minimum absolute atomic E-state index is 0.0105. The van der Waals surface area contributed by atoms with Crippen molar-refractivity contribution in [3.05, 3.63) is 58.4 Å². The van der Waals surface area contributed by atoms with Gasteiger partial charge in [-0.1, -0.05) is 17.7 Å². The van der Waals surface area contributed by atoms with Crippen LogP contribution in [0.2, 0.25) is 5.02 Å². The lowest BCUT2D eigenvalue weighted by Crippen LogP contribution is -2.25. The normalized spacial score (nSPS) is 15.2. The van der Waals surface area contributed by atoms with Crippen molar-refractivity contribution >= 4 is 28.5 Å². The van der Waals surface area contributed by atoms with Gasteiger partial charge in [-0.25, -0.2) is 9.37 Å². The smallest absolute Gasteiger partial charge is 0.254 e. The number of rotatable bonds is 5. The highest BCUT2D eigenvalue weighted by Gasteiger charge is 2.38. The fourth-order valence-corrected chi connectivity index (χ4v) is 4.86. The zero-order valence-corrected chi connectivity index (χ0v) is 19.2. The number of halogens is 2. The molecule has 0 saturated heterocycles. The number of pyridine rings is 1. The van der Waals surface area contributed by atoms with E-state index in [1.54, 1.807) is 6.07 Å². The van der Waals surface area contributed by atoms with Crippen LogP contribution >= 0.6 is 11.6 Å². The first-order valence-electron chi connectivity index (χ1n) is 10.9. The van der Waals surface area contributed by atoms with Gasteiger partial charge in [0.2, 0.25) is 0 Å². The monoisotopic (exact) mass is 478 g/mol. The molecule has 1 saturated carbocycles. The number of aromatic nitrogens is 3. The molecule has 9 heteroatoms. The van der Waals surface area contributed by atoms with Gasteiger partial charge >= 0.3 is 0 Å². The van der Waals surface area contributed by atoms with Crippen molar-refractivity contribution in [1.82, 2.24) is 20.1 Å². The summed E-state index contributed by atoms with van der Waals surface area (Å²) in [6, 6.07) is 11.1. The fraction of sp³-hybridized carbons (Fsp3) is 0.240. The third kappa shape index (κ3) is 3.13. The largest absolute Gasteiger partial charge is 0.495 e. The van der Waals surface area contributed by atoms with Gasteiger partial charge in [-0.15, -0.1) is 0 Å². The van der Waals surface area contributed by atoms with Gasteiger partial charge in [0, 0.05) is 35.2 Å². The number of methoxy groups -OCH3 is 2. The maximum atomic E-state index is 15.1. The molecule has 1 amide bonds. The molecule has 0 radical (unpaired) electrons. The second-order valence-electron chi connectivity index (χ2n) is 8.49. The Morgan fingerprint density at radius 3 is 2.65 bits per heavy atom. The number of carbonyl (C=O) groups is 1. The number of aromatic amines is 1. The third-order valence-corrected chi connectivity index (χ3v) is 6.83. The summed E-state index contributed by atoms with van der Waals surface area (Å²) < 4.78 is 25.5. The van der Waals surface area contributed by atoms with Crippen LogP contribution in [0.25, 0.3) is 33.5 Å². The Kier molecular flexibility index (Phi) is 4.74. The lowest BCUT2D eigenvalue weighted by Gasteiger charge is -2.13. The van der Waals surface area contributed by atoms with Gasteiger partial charge in [0.25, 0.3) is 5.91 Å². The van der Waals surface area contributed by atoms with Gasteiger partial charge in [0.15, 0.2) is 17.2 Å². The van der Waals surface area contributed by atoms with E-state index in [2.05, 4.69) is 15.2 Å². The van der Waals surface area contributed by atoms with Gasteiger partial charge in [0.05, 0.1) is 30.5 Å². The number of fused-ring (bicyclic) bond motifs is 2. The maximum Gasteiger partial charge on any atom is 0.254 e. The van der Waals surface area contributed by atoms with Crippen LogP contribution in [-0.4, -0.2) is 46.2 Å². The molecule has 2 aromatic carbocycles. The summed E-state index contributed by atoms with van der Waals surface area (Å²) in [5, 5.41) is 8.29. The van der Waals surface area contributed by atoms with Gasteiger partial charge in [-0.05, 0) is 42.7 Å². The summed E-state index contributed by atoms with van der Waals surface area (Å²) in [5.41, 5.74) is 4.26. The summed E-state index contributed by atoms with van der Waals surface area (Å²) in [4.78, 5) is 19.2. The summed E-state index contributed by atoms with van der Waals surface area (Å²) in [5.74, 6) is -0.218. The van der Waals surface area contributed by atoms with Crippen LogP contribution in [0.4, 0.5) is 4.39 Å². The molecule has 172 valence electrons. The molecule has 1 aliphatic heterocycles. The second kappa shape index (κ2) is 7.70. The van der Waals surface area contributed by atoms with Crippen molar-refractivity contribution in [2.75, 3.05) is 14.2 Å². The van der Waals surface area contributed by atoms with E-state index in [4.69, 9.17) is 21.1 Å². The van der Waals surface area contributed by atoms with Crippen LogP contribution in [0.5, 0.6) is 11.5 Å². The highest BCUT2D eigenvalue weighted by Crippen LogP contribution is 2.42. The second-order valence-corrected chi connectivity index (χ2v) is 8.86. The highest BCUT2D eigenvalue weighted by molar-refractivity contribution is 6.35. The molecule has 6 rings (SSSR count). The average molecular weight is 479 g/mol. The molecule has 2 aromatic heterocycles. The number of nitrogens with one attached hydrogen (secondary N) is 1. The molecular weight excluding hydrogens is 459 g/mol. The van der Waals surface area contributed by atoms with E-state index in [9.17, 15) is 4.79 Å². The number of ether oxygens (including phenoxy) is 2. The number of hydrogen-bond donors (Lipinski definition) is 1. The molecule has 0 atom stereocenters. The third-order valence-electron chi connectivity index (χ3n) is 6.45. The van der Waals surface area contributed by atoms with E-state index >= 15 is 4.39 Å². The van der Waals surface area contributed by atoms with E-state index in [-0.39, 0.29) is 28.0 Å². The first kappa shape index (κ1) is 20.9. The topological polar surface area (TPSA) is 80.3 Å². The minimum Gasteiger partial charge on any atom is -0.495 e. The van der Waals surface area contributed by atoms with Crippen LogP contribution in [0.15, 0.2) is 36.4 Å². The van der Waals surface area contributed by atoms with Crippen LogP contribution in [0.1, 0.15) is 28.8 Å². The Hall–Kier alpha value is -3.65. The molecule has 1 N–H and O–H groups in total. The van der Waals surface area contributed by atoms with Crippen molar-refractivity contribution in [2.45, 2.75) is 25.4 Å². The Morgan fingerprint density at radius 1 is 1.12 bits per heavy atom. The van der Waals surface area contributed by atoms with E-state index in [1.165, 1.54) is 20.3 Å². The maximum absolute atomic E-state index is 15.1.